The summed E-state index contributed by atoms with van der Waals surface area (Å²) in [6, 6.07) is 1.90. The molecule has 62 valence electrons. The van der Waals surface area contributed by atoms with E-state index in [0.717, 1.165) is 13.1 Å². The summed E-state index contributed by atoms with van der Waals surface area (Å²) in [6.07, 6.45) is 7.02. The summed E-state index contributed by atoms with van der Waals surface area (Å²) in [4.78, 5) is 1.64. The van der Waals surface area contributed by atoms with Gasteiger partial charge >= 0.3 is 0 Å². The Morgan fingerprint density at radius 2 is 1.75 bits per heavy atom. The van der Waals surface area contributed by atoms with Crippen molar-refractivity contribution in [1.29, 1.82) is 0 Å². The second kappa shape index (κ2) is 3.17. The van der Waals surface area contributed by atoms with E-state index in [4.69, 9.17) is 0 Å². The molecule has 2 rings (SSSR count). The minimum Gasteiger partial charge on any atom is -0.271 e. The van der Waals surface area contributed by atoms with Crippen LogP contribution in [-0.2, 0) is 13.1 Å². The first-order valence-corrected chi connectivity index (χ1v) is 3.77. The standard InChI is InChI=1S/C7H9N5/c1-2-8-11(5-1)6-7-12-9-3-4-10-12/h1-5H,6-7H2. The highest BCUT2D eigenvalue weighted by atomic mass is 15.5. The van der Waals surface area contributed by atoms with Crippen LogP contribution in [0.4, 0.5) is 0 Å². The third kappa shape index (κ3) is 1.50. The van der Waals surface area contributed by atoms with Gasteiger partial charge in [0.25, 0.3) is 0 Å². The zero-order valence-corrected chi connectivity index (χ0v) is 6.54. The highest BCUT2D eigenvalue weighted by Gasteiger charge is 1.92. The Balaban J connectivity index is 1.91. The number of rotatable bonds is 3. The lowest BCUT2D eigenvalue weighted by molar-refractivity contribution is 0.458. The van der Waals surface area contributed by atoms with E-state index in [1.165, 1.54) is 0 Å². The van der Waals surface area contributed by atoms with Crippen LogP contribution in [-0.4, -0.2) is 24.8 Å². The molecule has 0 saturated heterocycles. The summed E-state index contributed by atoms with van der Waals surface area (Å²) in [5.74, 6) is 0. The maximum Gasteiger partial charge on any atom is 0.0803 e. The van der Waals surface area contributed by atoms with Gasteiger partial charge in [-0.3, -0.25) is 4.68 Å². The van der Waals surface area contributed by atoms with Crippen LogP contribution < -0.4 is 0 Å². The highest BCUT2D eigenvalue weighted by Crippen LogP contribution is 1.86. The molecule has 2 heterocycles. The number of nitrogens with zero attached hydrogens (tertiary/aromatic N) is 5. The zero-order chi connectivity index (χ0) is 8.23. The van der Waals surface area contributed by atoms with Crippen LogP contribution in [0.5, 0.6) is 0 Å². The summed E-state index contributed by atoms with van der Waals surface area (Å²) in [6.45, 7) is 1.57. The van der Waals surface area contributed by atoms with Gasteiger partial charge in [-0.05, 0) is 6.07 Å². The summed E-state index contributed by atoms with van der Waals surface area (Å²) in [7, 11) is 0. The fourth-order valence-electron chi connectivity index (χ4n) is 0.983. The molecule has 0 aliphatic carbocycles. The summed E-state index contributed by atoms with van der Waals surface area (Å²) in [5.41, 5.74) is 0. The fourth-order valence-corrected chi connectivity index (χ4v) is 0.983. The SMILES string of the molecule is c1cnn(CCn2nccn2)c1. The molecular formula is C7H9N5. The third-order valence-electron chi connectivity index (χ3n) is 1.55. The van der Waals surface area contributed by atoms with Gasteiger partial charge in [0.15, 0.2) is 0 Å². The predicted molar refractivity (Wildman–Crippen MR) is 42.2 cm³/mol. The third-order valence-corrected chi connectivity index (χ3v) is 1.55. The summed E-state index contributed by atoms with van der Waals surface area (Å²) in [5, 5.41) is 12.0. The van der Waals surface area contributed by atoms with Crippen LogP contribution in [0.3, 0.4) is 0 Å². The average molecular weight is 163 g/mol. The molecule has 0 spiro atoms. The van der Waals surface area contributed by atoms with Crippen molar-refractivity contribution in [3.63, 3.8) is 0 Å². The minimum atomic E-state index is 0.759. The summed E-state index contributed by atoms with van der Waals surface area (Å²) < 4.78 is 1.85. The number of hydrogen-bond acceptors (Lipinski definition) is 3. The Bertz CT molecular complexity index is 275. The number of aromatic nitrogens is 5. The first-order valence-electron chi connectivity index (χ1n) is 3.77. The molecule has 2 aromatic heterocycles. The van der Waals surface area contributed by atoms with Crippen molar-refractivity contribution in [2.45, 2.75) is 13.1 Å². The molecule has 0 amide bonds. The van der Waals surface area contributed by atoms with E-state index in [1.807, 2.05) is 16.9 Å². The lowest BCUT2D eigenvalue weighted by atomic mass is 10.6. The average Bonchev–Trinajstić information content (AvgIpc) is 2.74. The Morgan fingerprint density at radius 3 is 2.42 bits per heavy atom. The quantitative estimate of drug-likeness (QED) is 0.648. The number of aryl methyl sites for hydroxylation is 2. The van der Waals surface area contributed by atoms with Gasteiger partial charge in [-0.25, -0.2) is 0 Å². The molecule has 0 atom stereocenters. The van der Waals surface area contributed by atoms with Crippen LogP contribution in [0.2, 0.25) is 0 Å². The second-order valence-electron chi connectivity index (χ2n) is 2.39. The molecule has 5 heteroatoms. The van der Waals surface area contributed by atoms with Gasteiger partial charge in [0.2, 0.25) is 0 Å². The second-order valence-corrected chi connectivity index (χ2v) is 2.39. The lowest BCUT2D eigenvalue weighted by Gasteiger charge is -1.99. The van der Waals surface area contributed by atoms with Crippen LogP contribution in [0.1, 0.15) is 0 Å². The topological polar surface area (TPSA) is 48.5 Å². The van der Waals surface area contributed by atoms with Gasteiger partial charge in [0.05, 0.1) is 25.5 Å². The maximum atomic E-state index is 4.06. The molecule has 0 aliphatic rings. The van der Waals surface area contributed by atoms with Crippen molar-refractivity contribution in [1.82, 2.24) is 24.8 Å². The molecule has 0 saturated carbocycles. The van der Waals surface area contributed by atoms with Crippen molar-refractivity contribution in [2.75, 3.05) is 0 Å². The minimum absolute atomic E-state index is 0.759. The first-order chi connectivity index (χ1) is 5.95. The van der Waals surface area contributed by atoms with E-state index >= 15 is 0 Å². The van der Waals surface area contributed by atoms with Crippen LogP contribution >= 0.6 is 0 Å². The van der Waals surface area contributed by atoms with Gasteiger partial charge in [0.1, 0.15) is 0 Å². The predicted octanol–water partition coefficient (Wildman–Crippen LogP) is 0.175. The molecule has 12 heavy (non-hydrogen) atoms. The fraction of sp³-hybridized carbons (Fsp3) is 0.286. The molecule has 2 aromatic rings. The molecule has 0 aromatic carbocycles. The molecule has 5 nitrogen and oxygen atoms in total. The van der Waals surface area contributed by atoms with E-state index in [0.29, 0.717) is 0 Å². The van der Waals surface area contributed by atoms with Crippen molar-refractivity contribution in [3.05, 3.63) is 30.9 Å². The lowest BCUT2D eigenvalue weighted by Crippen LogP contribution is -2.09. The molecule has 0 aliphatic heterocycles. The first kappa shape index (κ1) is 7.02. The molecule has 0 unspecified atom stereocenters. The Hall–Kier alpha value is -1.65. The van der Waals surface area contributed by atoms with Crippen molar-refractivity contribution in [2.24, 2.45) is 0 Å². The Kier molecular flexibility index (Phi) is 1.85. The molecule has 0 fully saturated rings. The van der Waals surface area contributed by atoms with Crippen molar-refractivity contribution < 1.29 is 0 Å². The van der Waals surface area contributed by atoms with Gasteiger partial charge in [-0.15, -0.1) is 0 Å². The van der Waals surface area contributed by atoms with Gasteiger partial charge in [-0.2, -0.15) is 20.1 Å². The van der Waals surface area contributed by atoms with E-state index in [1.54, 1.807) is 23.4 Å². The van der Waals surface area contributed by atoms with Crippen LogP contribution in [0.25, 0.3) is 0 Å². The molecule has 0 radical (unpaired) electrons. The van der Waals surface area contributed by atoms with Crippen molar-refractivity contribution in [3.8, 4) is 0 Å². The van der Waals surface area contributed by atoms with E-state index < -0.39 is 0 Å². The van der Waals surface area contributed by atoms with Gasteiger partial charge in [-0.1, -0.05) is 0 Å². The maximum absolute atomic E-state index is 4.06. The number of hydrogen-bond donors (Lipinski definition) is 0. The monoisotopic (exact) mass is 163 g/mol. The summed E-state index contributed by atoms with van der Waals surface area (Å²) >= 11 is 0. The smallest absolute Gasteiger partial charge is 0.0803 e. The molecule has 0 N–H and O–H groups in total. The van der Waals surface area contributed by atoms with Crippen LogP contribution in [0.15, 0.2) is 30.9 Å². The van der Waals surface area contributed by atoms with Gasteiger partial charge < -0.3 is 0 Å². The molecular weight excluding hydrogens is 154 g/mol. The largest absolute Gasteiger partial charge is 0.271 e. The van der Waals surface area contributed by atoms with E-state index in [2.05, 4.69) is 15.3 Å². The van der Waals surface area contributed by atoms with Crippen LogP contribution in [0, 0.1) is 0 Å². The highest BCUT2D eigenvalue weighted by molar-refractivity contribution is 4.77. The van der Waals surface area contributed by atoms with E-state index in [9.17, 15) is 0 Å². The normalized spacial score (nSPS) is 10.3. The van der Waals surface area contributed by atoms with Gasteiger partial charge in [0, 0.05) is 12.4 Å². The van der Waals surface area contributed by atoms with E-state index in [-0.39, 0.29) is 0 Å². The Morgan fingerprint density at radius 1 is 0.917 bits per heavy atom. The zero-order valence-electron chi connectivity index (χ0n) is 6.54. The van der Waals surface area contributed by atoms with Crippen molar-refractivity contribution >= 4 is 0 Å². The molecule has 0 bridgehead atoms. The Labute approximate surface area is 69.6 Å².